The van der Waals surface area contributed by atoms with Crippen LogP contribution in [-0.4, -0.2) is 61.1 Å². The lowest BCUT2D eigenvalue weighted by Crippen LogP contribution is -2.38. The SMILES string of the molecule is CCN(CC)CCN(C(=O)C=Cc1ccc([N+](=O)[O-])cc1)c1nc2c(OC)ccc(OC)c2s1. The van der Waals surface area contributed by atoms with E-state index in [1.807, 2.05) is 6.07 Å². The molecule has 0 saturated heterocycles. The second-order valence-electron chi connectivity index (χ2n) is 7.34. The molecule has 0 bridgehead atoms. The normalized spacial score (nSPS) is 11.3. The lowest BCUT2D eigenvalue weighted by molar-refractivity contribution is -0.384. The van der Waals surface area contributed by atoms with E-state index in [2.05, 4.69) is 18.7 Å². The molecule has 0 spiro atoms. The van der Waals surface area contributed by atoms with Crippen molar-refractivity contribution in [3.05, 3.63) is 58.2 Å². The summed E-state index contributed by atoms with van der Waals surface area (Å²) >= 11 is 1.37. The van der Waals surface area contributed by atoms with E-state index in [9.17, 15) is 14.9 Å². The van der Waals surface area contributed by atoms with Crippen LogP contribution in [0.5, 0.6) is 11.5 Å². The van der Waals surface area contributed by atoms with Gasteiger partial charge in [-0.1, -0.05) is 25.2 Å². The maximum absolute atomic E-state index is 13.3. The molecule has 0 atom stereocenters. The second kappa shape index (κ2) is 11.6. The molecule has 3 aromatic rings. The number of nitro groups is 1. The number of carbonyl (C=O) groups excluding carboxylic acids is 1. The molecule has 34 heavy (non-hydrogen) atoms. The number of anilines is 1. The Labute approximate surface area is 202 Å². The van der Waals surface area contributed by atoms with Gasteiger partial charge in [-0.2, -0.15) is 0 Å². The molecule has 0 saturated carbocycles. The number of hydrogen-bond donors (Lipinski definition) is 0. The van der Waals surface area contributed by atoms with Crippen molar-refractivity contribution in [2.24, 2.45) is 0 Å². The summed E-state index contributed by atoms with van der Waals surface area (Å²) < 4.78 is 11.7. The minimum absolute atomic E-state index is 0.00157. The predicted molar refractivity (Wildman–Crippen MR) is 135 cm³/mol. The fraction of sp³-hybridized carbons (Fsp3) is 0.333. The number of amides is 1. The van der Waals surface area contributed by atoms with Crippen LogP contribution >= 0.6 is 11.3 Å². The fourth-order valence-corrected chi connectivity index (χ4v) is 4.54. The minimum atomic E-state index is -0.455. The Morgan fingerprint density at radius 3 is 2.29 bits per heavy atom. The van der Waals surface area contributed by atoms with Gasteiger partial charge in [0.1, 0.15) is 21.7 Å². The highest BCUT2D eigenvalue weighted by atomic mass is 32.1. The first kappa shape index (κ1) is 25.1. The fourth-order valence-electron chi connectivity index (χ4n) is 3.44. The summed E-state index contributed by atoms with van der Waals surface area (Å²) in [6.07, 6.45) is 3.11. The molecule has 0 unspecified atom stereocenters. The van der Waals surface area contributed by atoms with Crippen LogP contribution < -0.4 is 14.4 Å². The third-order valence-electron chi connectivity index (χ3n) is 5.45. The number of nitro benzene ring substituents is 1. The number of ether oxygens (including phenoxy) is 2. The van der Waals surface area contributed by atoms with Gasteiger partial charge in [0.25, 0.3) is 11.6 Å². The maximum Gasteiger partial charge on any atom is 0.269 e. The van der Waals surface area contributed by atoms with Gasteiger partial charge in [0, 0.05) is 31.3 Å². The number of likely N-dealkylation sites (N-methyl/N-ethyl adjacent to an activating group) is 1. The Bertz CT molecular complexity index is 1130. The summed E-state index contributed by atoms with van der Waals surface area (Å²) in [5, 5.41) is 11.4. The van der Waals surface area contributed by atoms with Gasteiger partial charge in [-0.3, -0.25) is 19.8 Å². The Morgan fingerprint density at radius 1 is 1.06 bits per heavy atom. The number of hydrogen-bond acceptors (Lipinski definition) is 8. The zero-order valence-electron chi connectivity index (χ0n) is 19.7. The van der Waals surface area contributed by atoms with Gasteiger partial charge in [-0.25, -0.2) is 4.98 Å². The number of rotatable bonds is 11. The monoisotopic (exact) mass is 484 g/mol. The molecule has 180 valence electrons. The topological polar surface area (TPSA) is 98.0 Å². The third-order valence-corrected chi connectivity index (χ3v) is 6.55. The van der Waals surface area contributed by atoms with Crippen molar-refractivity contribution < 1.29 is 19.2 Å². The van der Waals surface area contributed by atoms with Crippen molar-refractivity contribution in [2.45, 2.75) is 13.8 Å². The average molecular weight is 485 g/mol. The van der Waals surface area contributed by atoms with E-state index in [1.54, 1.807) is 43.4 Å². The Morgan fingerprint density at radius 2 is 1.71 bits per heavy atom. The maximum atomic E-state index is 13.3. The predicted octanol–water partition coefficient (Wildman–Crippen LogP) is 4.61. The molecule has 3 rings (SSSR count). The van der Waals surface area contributed by atoms with Gasteiger partial charge in [0.15, 0.2) is 5.13 Å². The molecule has 9 nitrogen and oxygen atoms in total. The van der Waals surface area contributed by atoms with Crippen LogP contribution in [0.4, 0.5) is 10.8 Å². The summed E-state index contributed by atoms with van der Waals surface area (Å²) in [4.78, 5) is 32.3. The van der Waals surface area contributed by atoms with Crippen molar-refractivity contribution in [1.29, 1.82) is 0 Å². The molecular weight excluding hydrogens is 456 g/mol. The Kier molecular flexibility index (Phi) is 8.55. The van der Waals surface area contributed by atoms with E-state index in [-0.39, 0.29) is 11.6 Å². The van der Waals surface area contributed by atoms with E-state index < -0.39 is 4.92 Å². The van der Waals surface area contributed by atoms with Crippen molar-refractivity contribution in [3.8, 4) is 11.5 Å². The molecule has 1 heterocycles. The highest BCUT2D eigenvalue weighted by Gasteiger charge is 2.22. The molecule has 0 radical (unpaired) electrons. The van der Waals surface area contributed by atoms with E-state index in [0.717, 1.165) is 17.8 Å². The quantitative estimate of drug-likeness (QED) is 0.223. The van der Waals surface area contributed by atoms with Gasteiger partial charge in [0.2, 0.25) is 0 Å². The number of benzene rings is 2. The second-order valence-corrected chi connectivity index (χ2v) is 8.32. The van der Waals surface area contributed by atoms with Gasteiger partial charge >= 0.3 is 0 Å². The van der Waals surface area contributed by atoms with Crippen molar-refractivity contribution >= 4 is 44.4 Å². The summed E-state index contributed by atoms with van der Waals surface area (Å²) in [5.74, 6) is 1.04. The molecule has 10 heteroatoms. The molecule has 0 N–H and O–H groups in total. The lowest BCUT2D eigenvalue weighted by atomic mass is 10.2. The summed E-state index contributed by atoms with van der Waals surface area (Å²) in [6.45, 7) is 7.05. The van der Waals surface area contributed by atoms with Crippen molar-refractivity contribution in [2.75, 3.05) is 45.3 Å². The number of fused-ring (bicyclic) bond motifs is 1. The zero-order valence-corrected chi connectivity index (χ0v) is 20.5. The highest BCUT2D eigenvalue weighted by molar-refractivity contribution is 7.22. The zero-order chi connectivity index (χ0) is 24.7. The molecule has 0 fully saturated rings. The minimum Gasteiger partial charge on any atom is -0.495 e. The smallest absolute Gasteiger partial charge is 0.269 e. The van der Waals surface area contributed by atoms with E-state index in [4.69, 9.17) is 14.5 Å². The van der Waals surface area contributed by atoms with Crippen LogP contribution in [0.2, 0.25) is 0 Å². The number of nitrogens with zero attached hydrogens (tertiary/aromatic N) is 4. The molecular formula is C24H28N4O5S. The van der Waals surface area contributed by atoms with Crippen molar-refractivity contribution in [1.82, 2.24) is 9.88 Å². The van der Waals surface area contributed by atoms with Crippen LogP contribution in [-0.2, 0) is 4.79 Å². The first-order valence-electron chi connectivity index (χ1n) is 10.9. The summed E-state index contributed by atoms with van der Waals surface area (Å²) in [5.41, 5.74) is 1.33. The number of aromatic nitrogens is 1. The van der Waals surface area contributed by atoms with Gasteiger partial charge in [0.05, 0.1) is 19.1 Å². The molecule has 0 aliphatic carbocycles. The van der Waals surface area contributed by atoms with Gasteiger partial charge < -0.3 is 14.4 Å². The van der Waals surface area contributed by atoms with Crippen LogP contribution in [0.25, 0.3) is 16.3 Å². The standard InChI is InChI=1S/C24H28N4O5S/c1-5-26(6-2)15-16-27(21(29)14-9-17-7-10-18(11-8-17)28(30)31)24-25-22-19(32-3)12-13-20(33-4)23(22)34-24/h7-14H,5-6,15-16H2,1-4H3. The summed E-state index contributed by atoms with van der Waals surface area (Å²) in [7, 11) is 3.17. The number of methoxy groups -OCH3 is 2. The molecule has 2 aromatic carbocycles. The van der Waals surface area contributed by atoms with Gasteiger partial charge in [-0.05, 0) is 49.0 Å². The van der Waals surface area contributed by atoms with E-state index in [1.165, 1.54) is 29.5 Å². The Hall–Kier alpha value is -3.50. The summed E-state index contributed by atoms with van der Waals surface area (Å²) in [6, 6.07) is 9.65. The number of carbonyl (C=O) groups is 1. The van der Waals surface area contributed by atoms with Gasteiger partial charge in [-0.15, -0.1) is 0 Å². The first-order chi connectivity index (χ1) is 16.4. The highest BCUT2D eigenvalue weighted by Crippen LogP contribution is 2.40. The number of non-ortho nitro benzene ring substituents is 1. The average Bonchev–Trinajstić information content (AvgIpc) is 3.30. The molecule has 1 aromatic heterocycles. The largest absolute Gasteiger partial charge is 0.495 e. The molecule has 0 aliphatic rings. The van der Waals surface area contributed by atoms with Crippen LogP contribution in [0.1, 0.15) is 19.4 Å². The van der Waals surface area contributed by atoms with E-state index >= 15 is 0 Å². The van der Waals surface area contributed by atoms with Crippen LogP contribution in [0, 0.1) is 10.1 Å². The first-order valence-corrected chi connectivity index (χ1v) is 11.7. The lowest BCUT2D eigenvalue weighted by Gasteiger charge is -2.23. The molecule has 1 amide bonds. The van der Waals surface area contributed by atoms with Crippen LogP contribution in [0.15, 0.2) is 42.5 Å². The van der Waals surface area contributed by atoms with Crippen molar-refractivity contribution in [3.63, 3.8) is 0 Å². The number of thiazole rings is 1. The van der Waals surface area contributed by atoms with E-state index in [0.29, 0.717) is 40.8 Å². The molecule has 0 aliphatic heterocycles. The Balaban J connectivity index is 1.94. The van der Waals surface area contributed by atoms with Crippen LogP contribution in [0.3, 0.4) is 0 Å². The third kappa shape index (κ3) is 5.70.